The van der Waals surface area contributed by atoms with Gasteiger partial charge < -0.3 is 4.57 Å². The molecule has 0 fully saturated rings. The molecule has 81 heavy (non-hydrogen) atoms. The molecule has 11 aromatic carbocycles. The quantitative estimate of drug-likeness (QED) is 0.143. The van der Waals surface area contributed by atoms with Crippen LogP contribution in [0.5, 0.6) is 0 Å². The van der Waals surface area contributed by atoms with Gasteiger partial charge in [-0.1, -0.05) is 249 Å². The maximum Gasteiger partial charge on any atom is 0.238 e. The Bertz CT molecular complexity index is 4820. The number of benzene rings is 11. The third-order valence-electron chi connectivity index (χ3n) is 16.1. The van der Waals surface area contributed by atoms with Crippen molar-refractivity contribution in [1.29, 1.82) is 0 Å². The zero-order chi connectivity index (χ0) is 53.4. The van der Waals surface area contributed by atoms with Crippen LogP contribution < -0.4 is 0 Å². The van der Waals surface area contributed by atoms with E-state index in [1.807, 2.05) is 54.6 Å². The maximum atomic E-state index is 5.61. The summed E-state index contributed by atoms with van der Waals surface area (Å²) in [6.07, 6.45) is 0. The molecule has 1 aliphatic rings. The Morgan fingerprint density at radius 3 is 1.35 bits per heavy atom. The number of rotatable bonds is 9. The lowest BCUT2D eigenvalue weighted by Gasteiger charge is -2.33. The van der Waals surface area contributed by atoms with Crippen LogP contribution in [0.15, 0.2) is 279 Å². The summed E-state index contributed by atoms with van der Waals surface area (Å²) >= 11 is 0. The molecule has 4 aromatic heterocycles. The molecule has 0 spiro atoms. The third kappa shape index (κ3) is 7.17. The van der Waals surface area contributed by atoms with Crippen molar-refractivity contribution in [3.05, 3.63) is 301 Å². The molecule has 0 radical (unpaired) electrons. The molecule has 0 saturated carbocycles. The largest absolute Gasteiger partial charge is 0.308 e. The fourth-order valence-electron chi connectivity index (χ4n) is 12.7. The van der Waals surface area contributed by atoms with Crippen LogP contribution >= 0.6 is 0 Å². The third-order valence-corrected chi connectivity index (χ3v) is 16.1. The number of nitrogens with zero attached hydrogens (tertiary/aromatic N) is 8. The SMILES string of the molecule is c1ccc(-c2nc(-c3ccccc3-n3c4ccccc4c4c3ccc3c5ccccc5n(-c5nc(-c6ccccc6)nc(-c6ccccc6)n5)c34)nc(-c3cccc4c3-c3ccccc3C4(c3ccccc3)c3ccccc3)n2)cc1. The van der Waals surface area contributed by atoms with Crippen LogP contribution in [0.1, 0.15) is 22.3 Å². The monoisotopic (exact) mass is 1030 g/mol. The summed E-state index contributed by atoms with van der Waals surface area (Å²) in [6.45, 7) is 0. The van der Waals surface area contributed by atoms with Gasteiger partial charge in [-0.15, -0.1) is 0 Å². The summed E-state index contributed by atoms with van der Waals surface area (Å²) in [5.41, 5.74) is 15.9. The molecule has 0 amide bonds. The molecule has 4 heterocycles. The van der Waals surface area contributed by atoms with Crippen molar-refractivity contribution in [2.45, 2.75) is 5.41 Å². The predicted molar refractivity (Wildman–Crippen MR) is 326 cm³/mol. The second-order valence-corrected chi connectivity index (χ2v) is 20.5. The smallest absolute Gasteiger partial charge is 0.238 e. The van der Waals surface area contributed by atoms with Crippen LogP contribution in [-0.4, -0.2) is 39.0 Å². The van der Waals surface area contributed by atoms with Gasteiger partial charge in [-0.05, 0) is 63.7 Å². The molecule has 0 bridgehead atoms. The lowest BCUT2D eigenvalue weighted by Crippen LogP contribution is -2.28. The molecular weight excluding hydrogens is 989 g/mol. The molecule has 0 N–H and O–H groups in total. The molecule has 16 rings (SSSR count). The van der Waals surface area contributed by atoms with E-state index in [4.69, 9.17) is 29.9 Å². The van der Waals surface area contributed by atoms with Gasteiger partial charge in [0.1, 0.15) is 0 Å². The molecule has 8 heteroatoms. The van der Waals surface area contributed by atoms with Gasteiger partial charge in [0.15, 0.2) is 29.1 Å². The van der Waals surface area contributed by atoms with E-state index in [0.29, 0.717) is 35.1 Å². The molecule has 15 aromatic rings. The molecule has 0 atom stereocenters. The standard InChI is InChI=1S/C73H46N8/c1-6-25-47(26-7-1)67-75-70(77-71(76-67)57-39-24-41-59-64(57)54-36-16-20-40-58(54)73(59,50-31-12-4-13-32-50)51-33-14-5-15-34-51)56-38-19-23-44-62(56)80-61-43-22-18-37-55(61)65-63(80)46-45-53-52-35-17-21-42-60(52)81(66(53)65)72-78-68(48-27-8-2-9-28-48)74-69(79-72)49-29-10-3-11-30-49/h1-46H. The van der Waals surface area contributed by atoms with Crippen LogP contribution in [0.2, 0.25) is 0 Å². The first kappa shape index (κ1) is 46.2. The van der Waals surface area contributed by atoms with Gasteiger partial charge in [-0.25, -0.2) is 19.9 Å². The first-order valence-corrected chi connectivity index (χ1v) is 27.3. The molecule has 378 valence electrons. The minimum absolute atomic E-state index is 0.532. The molecule has 1 aliphatic carbocycles. The Hall–Kier alpha value is -11.0. The lowest BCUT2D eigenvalue weighted by molar-refractivity contribution is 0.768. The summed E-state index contributed by atoms with van der Waals surface area (Å²) in [4.78, 5) is 32.2. The normalized spacial score (nSPS) is 12.5. The van der Waals surface area contributed by atoms with E-state index in [9.17, 15) is 0 Å². The topological polar surface area (TPSA) is 87.2 Å². The van der Waals surface area contributed by atoms with Crippen LogP contribution in [-0.2, 0) is 5.41 Å². The minimum Gasteiger partial charge on any atom is -0.308 e. The van der Waals surface area contributed by atoms with Crippen molar-refractivity contribution in [3.8, 4) is 79.7 Å². The summed E-state index contributed by atoms with van der Waals surface area (Å²) < 4.78 is 4.61. The van der Waals surface area contributed by atoms with Crippen LogP contribution in [0.25, 0.3) is 123 Å². The Kier molecular flexibility index (Phi) is 10.6. The van der Waals surface area contributed by atoms with Crippen molar-refractivity contribution >= 4 is 43.6 Å². The highest BCUT2D eigenvalue weighted by atomic mass is 15.2. The van der Waals surface area contributed by atoms with Crippen LogP contribution in [0.4, 0.5) is 0 Å². The van der Waals surface area contributed by atoms with E-state index in [2.05, 4.69) is 234 Å². The summed E-state index contributed by atoms with van der Waals surface area (Å²) in [5, 5.41) is 4.34. The Morgan fingerprint density at radius 1 is 0.272 bits per heavy atom. The first-order chi connectivity index (χ1) is 40.2. The van der Waals surface area contributed by atoms with E-state index in [0.717, 1.165) is 88.2 Å². The molecule has 8 nitrogen and oxygen atoms in total. The van der Waals surface area contributed by atoms with Crippen molar-refractivity contribution in [1.82, 2.24) is 39.0 Å². The van der Waals surface area contributed by atoms with Crippen LogP contribution in [0, 0.1) is 0 Å². The average molecular weight is 1040 g/mol. The van der Waals surface area contributed by atoms with Crippen molar-refractivity contribution in [3.63, 3.8) is 0 Å². The molecular formula is C73H46N8. The van der Waals surface area contributed by atoms with Gasteiger partial charge in [0.2, 0.25) is 5.95 Å². The second-order valence-electron chi connectivity index (χ2n) is 20.5. The number of aromatic nitrogens is 8. The number of hydrogen-bond donors (Lipinski definition) is 0. The van der Waals surface area contributed by atoms with E-state index in [-0.39, 0.29) is 0 Å². The molecule has 0 saturated heterocycles. The highest BCUT2D eigenvalue weighted by molar-refractivity contribution is 6.26. The van der Waals surface area contributed by atoms with Gasteiger partial charge in [-0.2, -0.15) is 9.97 Å². The van der Waals surface area contributed by atoms with Crippen molar-refractivity contribution < 1.29 is 0 Å². The molecule has 0 aliphatic heterocycles. The van der Waals surface area contributed by atoms with Gasteiger partial charge >= 0.3 is 0 Å². The van der Waals surface area contributed by atoms with E-state index >= 15 is 0 Å². The van der Waals surface area contributed by atoms with Gasteiger partial charge in [-0.3, -0.25) is 4.57 Å². The minimum atomic E-state index is -0.596. The Labute approximate surface area is 466 Å². The van der Waals surface area contributed by atoms with E-state index in [1.165, 1.54) is 22.3 Å². The summed E-state index contributed by atoms with van der Waals surface area (Å²) in [5.74, 6) is 3.46. The van der Waals surface area contributed by atoms with Crippen molar-refractivity contribution in [2.75, 3.05) is 0 Å². The number of fused-ring (bicyclic) bond motifs is 10. The predicted octanol–water partition coefficient (Wildman–Crippen LogP) is 16.9. The van der Waals surface area contributed by atoms with Crippen molar-refractivity contribution in [2.24, 2.45) is 0 Å². The molecule has 0 unspecified atom stereocenters. The number of para-hydroxylation sites is 3. The summed E-state index contributed by atoms with van der Waals surface area (Å²) in [6, 6.07) is 98.1. The Morgan fingerprint density at radius 2 is 0.716 bits per heavy atom. The highest BCUT2D eigenvalue weighted by Crippen LogP contribution is 2.58. The zero-order valence-electron chi connectivity index (χ0n) is 43.6. The van der Waals surface area contributed by atoms with Gasteiger partial charge in [0.25, 0.3) is 0 Å². The highest BCUT2D eigenvalue weighted by Gasteiger charge is 2.47. The maximum absolute atomic E-state index is 5.61. The summed E-state index contributed by atoms with van der Waals surface area (Å²) in [7, 11) is 0. The number of hydrogen-bond acceptors (Lipinski definition) is 6. The van der Waals surface area contributed by atoms with Crippen LogP contribution in [0.3, 0.4) is 0 Å². The fourth-order valence-corrected chi connectivity index (χ4v) is 12.7. The Balaban J connectivity index is 0.947. The lowest BCUT2D eigenvalue weighted by atomic mass is 9.67. The fraction of sp³-hybridized carbons (Fsp3) is 0.0137. The van der Waals surface area contributed by atoms with E-state index in [1.54, 1.807) is 0 Å². The van der Waals surface area contributed by atoms with E-state index < -0.39 is 5.41 Å². The first-order valence-electron chi connectivity index (χ1n) is 27.3. The zero-order valence-corrected chi connectivity index (χ0v) is 43.6. The second kappa shape index (κ2) is 18.6. The van der Waals surface area contributed by atoms with Gasteiger partial charge in [0.05, 0.1) is 33.2 Å². The van der Waals surface area contributed by atoms with Gasteiger partial charge in [0, 0.05) is 49.4 Å². The average Bonchev–Trinajstić information content (AvgIpc) is 4.39.